The number of rotatable bonds is 17. The second-order valence-corrected chi connectivity index (χ2v) is 22.2. The van der Waals surface area contributed by atoms with Gasteiger partial charge in [0, 0.05) is 68.4 Å². The van der Waals surface area contributed by atoms with Gasteiger partial charge in [0.15, 0.2) is 10.3 Å². The van der Waals surface area contributed by atoms with Crippen LogP contribution in [0.4, 0.5) is 19.0 Å². The van der Waals surface area contributed by atoms with Crippen molar-refractivity contribution in [1.29, 1.82) is 0 Å². The number of thiazole rings is 2. The zero-order valence-corrected chi connectivity index (χ0v) is 36.5. The lowest BCUT2D eigenvalue weighted by molar-refractivity contribution is 0.577. The topological polar surface area (TPSA) is 142 Å². The molecule has 0 radical (unpaired) electrons. The van der Waals surface area contributed by atoms with Crippen molar-refractivity contribution < 1.29 is 25.6 Å². The molecule has 0 spiro atoms. The highest BCUT2D eigenvalue weighted by molar-refractivity contribution is 7.99. The summed E-state index contributed by atoms with van der Waals surface area (Å²) in [5, 5.41) is 10.2. The van der Waals surface area contributed by atoms with E-state index in [4.69, 9.17) is 9.97 Å². The van der Waals surface area contributed by atoms with Crippen LogP contribution in [-0.2, 0) is 32.9 Å². The number of sulfonamides is 2. The predicted octanol–water partition coefficient (Wildman–Crippen LogP) is 9.58. The van der Waals surface area contributed by atoms with Crippen molar-refractivity contribution >= 4 is 87.8 Å². The fourth-order valence-electron chi connectivity index (χ4n) is 5.94. The second-order valence-electron chi connectivity index (χ2n) is 13.0. The number of nitrogens with zero attached hydrogens (tertiary/aromatic N) is 2. The molecule has 3 aromatic heterocycles. The van der Waals surface area contributed by atoms with Crippen molar-refractivity contribution in [1.82, 2.24) is 19.4 Å². The van der Waals surface area contributed by atoms with Crippen LogP contribution in [0.2, 0.25) is 0 Å². The molecule has 2 aliphatic heterocycles. The van der Waals surface area contributed by atoms with Crippen LogP contribution in [0.15, 0.2) is 67.9 Å². The van der Waals surface area contributed by atoms with Crippen LogP contribution in [0.25, 0.3) is 22.5 Å². The van der Waals surface area contributed by atoms with Gasteiger partial charge >= 0.3 is 0 Å². The largest absolute Gasteiger partial charge is 0.361 e. The third kappa shape index (κ3) is 13.4. The molecule has 0 saturated carbocycles. The first-order valence-corrected chi connectivity index (χ1v) is 26.1. The molecule has 4 N–H and O–H groups in total. The third-order valence-corrected chi connectivity index (χ3v) is 16.5. The fourth-order valence-corrected chi connectivity index (χ4v) is 12.8. The van der Waals surface area contributed by atoms with E-state index < -0.39 is 20.0 Å². The van der Waals surface area contributed by atoms with Gasteiger partial charge < -0.3 is 10.6 Å². The number of halogens is 2. The molecule has 0 amide bonds. The Hall–Kier alpha value is -2.62. The Bertz CT molecular complexity index is 2280. The Labute approximate surface area is 355 Å². The Morgan fingerprint density at radius 3 is 1.63 bits per heavy atom. The summed E-state index contributed by atoms with van der Waals surface area (Å²) < 4.78 is 79.0. The number of aryl methyl sites for hydroxylation is 2. The number of nitrogens with one attached hydrogen (secondary N) is 4. The zero-order chi connectivity index (χ0) is 39.5. The average Bonchev–Trinajstić information content (AvgIpc) is 3.89. The molecule has 19 heteroatoms. The van der Waals surface area contributed by atoms with Gasteiger partial charge in [-0.05, 0) is 86.4 Å². The van der Waals surface area contributed by atoms with Gasteiger partial charge in [0.25, 0.3) is 0 Å². The molecule has 57 heavy (non-hydrogen) atoms. The number of thioether (sulfide) groups is 2. The van der Waals surface area contributed by atoms with Gasteiger partial charge in [-0.2, -0.15) is 0 Å². The molecular weight excluding hydrogens is 867 g/mol. The number of anilines is 2. The monoisotopic (exact) mass is 914 g/mol. The van der Waals surface area contributed by atoms with Crippen LogP contribution in [-0.4, -0.2) is 70.7 Å². The van der Waals surface area contributed by atoms with Crippen LogP contribution < -0.4 is 20.1 Å². The van der Waals surface area contributed by atoms with Crippen LogP contribution >= 0.6 is 57.5 Å². The molecule has 2 aliphatic rings. The molecule has 0 fully saturated rings. The first kappa shape index (κ1) is 45.5. The zero-order valence-electron chi connectivity index (χ0n) is 30.7. The SMILES string of the molecule is C.CS(=O)(=O)NCCCCCNc1nc2c(s1)CCSc1ccc(F)cc1-2.O=S(=O)(NCCCCCNc1nc2c(s1)CCSc1ccc(F)cc1-2)c1cccs1. The quantitative estimate of drug-likeness (QED) is 0.0667. The standard InChI is InChI=1S/C20H22FN3O2S4.C17H22FN3O2S3.CH4/c21-14-6-7-16-15(13-14)19-17(8-12-27-16)29-20(24-19)22-9-2-1-3-10-23-30(25,26)18-5-4-11-28-18;1-26(22,23)20-9-4-2-3-8-19-17-21-16-13-11-12(18)5-6-14(13)24-10-7-15(16)25-17;/h4-7,11,13,23H,1-3,8-10,12H2,(H,22,24);5-6,11,20H,2-4,7-10H2,1H3,(H,19,21);1H4. The highest BCUT2D eigenvalue weighted by atomic mass is 32.2. The second kappa shape index (κ2) is 21.6. The van der Waals surface area contributed by atoms with E-state index in [-0.39, 0.29) is 19.1 Å². The maximum atomic E-state index is 13.7. The summed E-state index contributed by atoms with van der Waals surface area (Å²) in [5.41, 5.74) is 3.56. The average molecular weight is 915 g/mol. The Kier molecular flexibility index (Phi) is 17.2. The highest BCUT2D eigenvalue weighted by Crippen LogP contribution is 2.42. The van der Waals surface area contributed by atoms with Gasteiger partial charge in [0.05, 0.1) is 17.6 Å². The number of fused-ring (bicyclic) bond motifs is 6. The van der Waals surface area contributed by atoms with Crippen molar-refractivity contribution in [3.8, 4) is 22.5 Å². The lowest BCUT2D eigenvalue weighted by Crippen LogP contribution is -2.24. The summed E-state index contributed by atoms with van der Waals surface area (Å²) >= 11 is 7.99. The summed E-state index contributed by atoms with van der Waals surface area (Å²) in [6.45, 7) is 2.47. The summed E-state index contributed by atoms with van der Waals surface area (Å²) in [6.07, 6.45) is 8.34. The number of hydrogen-bond donors (Lipinski definition) is 4. The Morgan fingerprint density at radius 1 is 0.667 bits per heavy atom. The van der Waals surface area contributed by atoms with E-state index in [0.29, 0.717) is 17.3 Å². The molecule has 5 heterocycles. The molecule has 0 atom stereocenters. The van der Waals surface area contributed by atoms with Crippen LogP contribution in [0.3, 0.4) is 0 Å². The number of aromatic nitrogens is 2. The number of hydrogen-bond acceptors (Lipinski definition) is 13. The first-order valence-electron chi connectivity index (χ1n) is 18.3. The predicted molar refractivity (Wildman–Crippen MR) is 238 cm³/mol. The Morgan fingerprint density at radius 2 is 1.16 bits per heavy atom. The van der Waals surface area contributed by atoms with Crippen LogP contribution in [0.5, 0.6) is 0 Å². The first-order chi connectivity index (χ1) is 26.9. The molecule has 5 aromatic rings. The van der Waals surface area contributed by atoms with Gasteiger partial charge in [-0.15, -0.1) is 57.5 Å². The highest BCUT2D eigenvalue weighted by Gasteiger charge is 2.22. The molecule has 0 aliphatic carbocycles. The minimum Gasteiger partial charge on any atom is -0.361 e. The summed E-state index contributed by atoms with van der Waals surface area (Å²) in [5.74, 6) is 1.47. The molecule has 0 bridgehead atoms. The maximum Gasteiger partial charge on any atom is 0.250 e. The molecule has 310 valence electrons. The smallest absolute Gasteiger partial charge is 0.250 e. The van der Waals surface area contributed by atoms with Gasteiger partial charge in [0.1, 0.15) is 15.8 Å². The van der Waals surface area contributed by atoms with E-state index in [1.807, 2.05) is 12.1 Å². The molecule has 0 saturated heterocycles. The summed E-state index contributed by atoms with van der Waals surface area (Å²) in [4.78, 5) is 14.0. The molecular formula is C38H48F2N6O4S7. The Balaban J connectivity index is 0.000000216. The normalized spacial score (nSPS) is 13.4. The van der Waals surface area contributed by atoms with E-state index in [0.717, 1.165) is 119 Å². The van der Waals surface area contributed by atoms with E-state index >= 15 is 0 Å². The number of unbranched alkanes of at least 4 members (excludes halogenated alkanes) is 4. The molecule has 2 aromatic carbocycles. The molecule has 7 rings (SSSR count). The van der Waals surface area contributed by atoms with Crippen LogP contribution in [0, 0.1) is 11.6 Å². The number of thiophene rings is 1. The van der Waals surface area contributed by atoms with E-state index in [9.17, 15) is 25.6 Å². The summed E-state index contributed by atoms with van der Waals surface area (Å²) in [6, 6.07) is 13.2. The van der Waals surface area contributed by atoms with Crippen molar-refractivity contribution in [2.24, 2.45) is 0 Å². The number of benzene rings is 2. The maximum absolute atomic E-state index is 13.7. The molecule has 0 unspecified atom stereocenters. The third-order valence-electron chi connectivity index (χ3n) is 8.64. The van der Waals surface area contributed by atoms with E-state index in [1.165, 1.54) is 39.5 Å². The van der Waals surface area contributed by atoms with Gasteiger partial charge in [-0.25, -0.2) is 45.0 Å². The van der Waals surface area contributed by atoms with Crippen molar-refractivity contribution in [3.63, 3.8) is 0 Å². The van der Waals surface area contributed by atoms with Gasteiger partial charge in [-0.3, -0.25) is 0 Å². The van der Waals surface area contributed by atoms with E-state index in [1.54, 1.807) is 75.8 Å². The molecule has 10 nitrogen and oxygen atoms in total. The summed E-state index contributed by atoms with van der Waals surface area (Å²) in [7, 11) is -6.46. The fraction of sp³-hybridized carbons (Fsp3) is 0.421. The van der Waals surface area contributed by atoms with Crippen molar-refractivity contribution in [2.75, 3.05) is 54.6 Å². The van der Waals surface area contributed by atoms with E-state index in [2.05, 4.69) is 20.1 Å². The van der Waals surface area contributed by atoms with Crippen molar-refractivity contribution in [3.05, 3.63) is 75.3 Å². The van der Waals surface area contributed by atoms with Gasteiger partial charge in [-0.1, -0.05) is 26.3 Å². The minimum absolute atomic E-state index is 0. The van der Waals surface area contributed by atoms with Crippen LogP contribution in [0.1, 0.15) is 55.7 Å². The minimum atomic E-state index is -3.37. The van der Waals surface area contributed by atoms with Crippen molar-refractivity contribution in [2.45, 2.75) is 72.8 Å². The lowest BCUT2D eigenvalue weighted by Gasteiger charge is -2.06. The van der Waals surface area contributed by atoms with Gasteiger partial charge in [0.2, 0.25) is 20.0 Å². The lowest BCUT2D eigenvalue weighted by atomic mass is 10.1.